The largest absolute Gasteiger partial charge is 0.394 e. The first kappa shape index (κ1) is 23.0. The fourth-order valence-electron chi connectivity index (χ4n) is 3.38. The first-order valence-corrected chi connectivity index (χ1v) is 10.5. The normalized spacial score (nSPS) is 26.6. The number of nitrogens with zero attached hydrogens (tertiary/aromatic N) is 2. The Bertz CT molecular complexity index is 1220. The number of benzene rings is 2. The van der Waals surface area contributed by atoms with Crippen LogP contribution in [0, 0.1) is 23.7 Å². The van der Waals surface area contributed by atoms with E-state index >= 15 is 0 Å². The summed E-state index contributed by atoms with van der Waals surface area (Å²) in [5, 5.41) is 46.5. The molecular weight excluding hydrogens is 444 g/mol. The van der Waals surface area contributed by atoms with Crippen LogP contribution in [0.25, 0.3) is 5.69 Å². The van der Waals surface area contributed by atoms with Crippen LogP contribution in [-0.4, -0.2) is 66.8 Å². The zero-order valence-corrected chi connectivity index (χ0v) is 18.1. The summed E-state index contributed by atoms with van der Waals surface area (Å²) in [6.07, 6.45) is -2.47. The van der Waals surface area contributed by atoms with Crippen molar-refractivity contribution in [1.29, 1.82) is 0 Å². The van der Waals surface area contributed by atoms with Gasteiger partial charge in [-0.15, -0.1) is 0 Å². The summed E-state index contributed by atoms with van der Waals surface area (Å²) < 4.78 is 7.23. The van der Waals surface area contributed by atoms with Crippen LogP contribution in [0.15, 0.2) is 67.0 Å². The highest BCUT2D eigenvalue weighted by Gasteiger charge is 2.53. The van der Waals surface area contributed by atoms with Gasteiger partial charge in [0.05, 0.1) is 24.1 Å². The molecule has 0 bridgehead atoms. The maximum atomic E-state index is 11.2. The molecule has 8 heteroatoms. The molecule has 0 unspecified atom stereocenters. The molecule has 1 saturated heterocycles. The Hall–Kier alpha value is -3.14. The molecule has 0 saturated carbocycles. The van der Waals surface area contributed by atoms with E-state index in [9.17, 15) is 20.4 Å². The molecule has 5 atom stereocenters. The molecule has 4 rings (SSSR count). The zero-order chi connectivity index (χ0) is 23.4. The van der Waals surface area contributed by atoms with Crippen molar-refractivity contribution < 1.29 is 25.2 Å². The van der Waals surface area contributed by atoms with E-state index in [4.69, 9.17) is 16.3 Å². The van der Waals surface area contributed by atoms with Crippen LogP contribution in [0.1, 0.15) is 11.1 Å². The van der Waals surface area contributed by atoms with E-state index in [0.29, 0.717) is 16.1 Å². The van der Waals surface area contributed by atoms with Crippen molar-refractivity contribution in [2.45, 2.75) is 30.0 Å². The molecule has 168 valence electrons. The Balaban J connectivity index is 1.65. The van der Waals surface area contributed by atoms with Gasteiger partial charge in [-0.2, -0.15) is 5.10 Å². The van der Waals surface area contributed by atoms with Gasteiger partial charge in [0.25, 0.3) is 0 Å². The molecule has 1 aliphatic rings. The van der Waals surface area contributed by atoms with Gasteiger partial charge in [-0.1, -0.05) is 53.5 Å². The molecule has 0 amide bonds. The number of aliphatic hydroxyl groups is 4. The van der Waals surface area contributed by atoms with E-state index in [0.717, 1.165) is 5.69 Å². The molecule has 2 aromatic carbocycles. The maximum Gasteiger partial charge on any atom is 0.191 e. The molecule has 3 aromatic rings. The second-order valence-electron chi connectivity index (χ2n) is 7.53. The molecule has 0 spiro atoms. The van der Waals surface area contributed by atoms with Crippen molar-refractivity contribution in [2.24, 2.45) is 0 Å². The third-order valence-electron chi connectivity index (χ3n) is 5.25. The third-order valence-corrected chi connectivity index (χ3v) is 5.50. The number of halogens is 1. The lowest BCUT2D eigenvalue weighted by molar-refractivity contribution is -0.239. The van der Waals surface area contributed by atoms with Crippen LogP contribution < -0.4 is 0 Å². The van der Waals surface area contributed by atoms with Gasteiger partial charge in [-0.3, -0.25) is 0 Å². The van der Waals surface area contributed by atoms with Crippen molar-refractivity contribution in [3.05, 3.63) is 83.1 Å². The van der Waals surface area contributed by atoms with Crippen molar-refractivity contribution in [3.63, 3.8) is 0 Å². The van der Waals surface area contributed by atoms with Gasteiger partial charge < -0.3 is 25.2 Å². The SMILES string of the molecule is OC[C@H]1O[C@H](C#Cc2cnn(-c3ccc(Cl)cc3)c2)[C@](O)(C#Cc2ccccc2)[C@@H](O)[C@@H]1O. The van der Waals surface area contributed by atoms with Gasteiger partial charge in [-0.25, -0.2) is 4.68 Å². The summed E-state index contributed by atoms with van der Waals surface area (Å²) in [4.78, 5) is 0. The lowest BCUT2D eigenvalue weighted by Gasteiger charge is -2.43. The highest BCUT2D eigenvalue weighted by molar-refractivity contribution is 6.30. The molecule has 0 aliphatic carbocycles. The minimum atomic E-state index is -2.19. The van der Waals surface area contributed by atoms with E-state index in [-0.39, 0.29) is 0 Å². The van der Waals surface area contributed by atoms with E-state index in [2.05, 4.69) is 28.8 Å². The molecule has 1 fully saturated rings. The third kappa shape index (κ3) is 4.95. The van der Waals surface area contributed by atoms with Crippen LogP contribution >= 0.6 is 11.6 Å². The lowest BCUT2D eigenvalue weighted by atomic mass is 9.82. The van der Waals surface area contributed by atoms with E-state index in [1.165, 1.54) is 6.20 Å². The predicted molar refractivity (Wildman–Crippen MR) is 121 cm³/mol. The Morgan fingerprint density at radius 2 is 1.76 bits per heavy atom. The molecular formula is C25H21ClN2O5. The molecule has 33 heavy (non-hydrogen) atoms. The fourth-order valence-corrected chi connectivity index (χ4v) is 3.50. The maximum absolute atomic E-state index is 11.2. The summed E-state index contributed by atoms with van der Waals surface area (Å²) in [6.45, 7) is -0.562. The molecule has 0 radical (unpaired) electrons. The zero-order valence-electron chi connectivity index (χ0n) is 17.3. The summed E-state index contributed by atoms with van der Waals surface area (Å²) >= 11 is 5.92. The molecule has 1 aliphatic heterocycles. The summed E-state index contributed by atoms with van der Waals surface area (Å²) in [5.41, 5.74) is -0.286. The predicted octanol–water partition coefficient (Wildman–Crippen LogP) is 1.14. The van der Waals surface area contributed by atoms with Gasteiger partial charge in [0.15, 0.2) is 11.7 Å². The van der Waals surface area contributed by atoms with Crippen LogP contribution in [0.4, 0.5) is 0 Å². The highest BCUT2D eigenvalue weighted by Crippen LogP contribution is 2.30. The van der Waals surface area contributed by atoms with Crippen molar-refractivity contribution in [2.75, 3.05) is 6.61 Å². The fraction of sp³-hybridized carbons (Fsp3) is 0.240. The minimum Gasteiger partial charge on any atom is -0.394 e. The van der Waals surface area contributed by atoms with Gasteiger partial charge in [0.1, 0.15) is 18.3 Å². The topological polar surface area (TPSA) is 108 Å². The Labute approximate surface area is 195 Å². The van der Waals surface area contributed by atoms with Crippen LogP contribution in [-0.2, 0) is 4.74 Å². The van der Waals surface area contributed by atoms with Crippen molar-refractivity contribution in [3.8, 4) is 29.4 Å². The number of ether oxygens (including phenoxy) is 1. The van der Waals surface area contributed by atoms with Gasteiger partial charge in [0.2, 0.25) is 0 Å². The number of aromatic nitrogens is 2. The monoisotopic (exact) mass is 464 g/mol. The first-order chi connectivity index (χ1) is 15.9. The van der Waals surface area contributed by atoms with Crippen molar-refractivity contribution >= 4 is 11.6 Å². The van der Waals surface area contributed by atoms with Gasteiger partial charge in [-0.05, 0) is 36.4 Å². The summed E-state index contributed by atoms with van der Waals surface area (Å²) in [7, 11) is 0. The Morgan fingerprint density at radius 1 is 1.03 bits per heavy atom. The van der Waals surface area contributed by atoms with Gasteiger partial charge in [0, 0.05) is 16.8 Å². The Kier molecular flexibility index (Phi) is 6.83. The number of hydrogen-bond donors (Lipinski definition) is 4. The minimum absolute atomic E-state index is 0.521. The smallest absolute Gasteiger partial charge is 0.191 e. The summed E-state index contributed by atoms with van der Waals surface area (Å²) in [5.74, 6) is 11.0. The number of aliphatic hydroxyl groups excluding tert-OH is 3. The van der Waals surface area contributed by atoms with Crippen LogP contribution in [0.2, 0.25) is 5.02 Å². The first-order valence-electron chi connectivity index (χ1n) is 10.2. The molecule has 7 nitrogen and oxygen atoms in total. The van der Waals surface area contributed by atoms with E-state index in [1.54, 1.807) is 59.4 Å². The Morgan fingerprint density at radius 3 is 2.45 bits per heavy atom. The van der Waals surface area contributed by atoms with Gasteiger partial charge >= 0.3 is 0 Å². The van der Waals surface area contributed by atoms with Crippen LogP contribution in [0.5, 0.6) is 0 Å². The lowest BCUT2D eigenvalue weighted by Crippen LogP contribution is -2.65. The molecule has 4 N–H and O–H groups in total. The average molecular weight is 465 g/mol. The highest BCUT2D eigenvalue weighted by atomic mass is 35.5. The second kappa shape index (κ2) is 9.78. The van der Waals surface area contributed by atoms with E-state index in [1.807, 2.05) is 6.07 Å². The molecule has 2 heterocycles. The molecule has 1 aromatic heterocycles. The van der Waals surface area contributed by atoms with Crippen molar-refractivity contribution in [1.82, 2.24) is 9.78 Å². The average Bonchev–Trinajstić information content (AvgIpc) is 3.31. The number of rotatable bonds is 2. The quantitative estimate of drug-likeness (QED) is 0.424. The number of hydrogen-bond acceptors (Lipinski definition) is 6. The standard InChI is InChI=1S/C25H21ClN2O5/c26-19-7-9-20(10-8-19)28-15-18(14-27-28)6-11-22-25(32,13-12-17-4-2-1-3-5-17)24(31)23(30)21(16-29)33-22/h1-5,7-10,14-15,21-24,29-32H,16H2/t21-,22-,23-,24+,25-/m1/s1. The second-order valence-corrected chi connectivity index (χ2v) is 7.97. The van der Waals surface area contributed by atoms with E-state index < -0.39 is 36.6 Å². The van der Waals surface area contributed by atoms with Crippen LogP contribution in [0.3, 0.4) is 0 Å². The summed E-state index contributed by atoms with van der Waals surface area (Å²) in [6, 6.07) is 16.0.